The molecule has 1 aliphatic rings. The molecule has 0 bridgehead atoms. The van der Waals surface area contributed by atoms with Gasteiger partial charge in [-0.05, 0) is 70.4 Å². The van der Waals surface area contributed by atoms with E-state index in [9.17, 15) is 4.39 Å². The van der Waals surface area contributed by atoms with Gasteiger partial charge in [-0.15, -0.1) is 0 Å². The van der Waals surface area contributed by atoms with Crippen molar-refractivity contribution in [3.05, 3.63) is 76.0 Å². The van der Waals surface area contributed by atoms with Gasteiger partial charge in [0.25, 0.3) is 0 Å². The summed E-state index contributed by atoms with van der Waals surface area (Å²) in [6.07, 6.45) is 0. The van der Waals surface area contributed by atoms with Gasteiger partial charge in [0.05, 0.1) is 11.1 Å². The largest absolute Gasteiger partial charge is 0.490 e. The van der Waals surface area contributed by atoms with E-state index in [-0.39, 0.29) is 5.82 Å². The minimum atomic E-state index is -0.269. The highest BCUT2D eigenvalue weighted by Gasteiger charge is 2.14. The molecule has 0 saturated carbocycles. The Morgan fingerprint density at radius 1 is 0.935 bits per heavy atom. The van der Waals surface area contributed by atoms with Gasteiger partial charge in [0.15, 0.2) is 23.0 Å². The lowest BCUT2D eigenvalue weighted by molar-refractivity contribution is 0.171. The molecular weight excluding hydrogens is 465 g/mol. The highest BCUT2D eigenvalue weighted by atomic mass is 79.9. The van der Waals surface area contributed by atoms with Gasteiger partial charge in [-0.2, -0.15) is 0 Å². The quantitative estimate of drug-likeness (QED) is 0.425. The lowest BCUT2D eigenvalue weighted by Gasteiger charge is -2.19. The molecule has 5 nitrogen and oxygen atoms in total. The van der Waals surface area contributed by atoms with E-state index < -0.39 is 0 Å². The summed E-state index contributed by atoms with van der Waals surface area (Å²) in [5.41, 5.74) is 2.84. The first-order valence-electron chi connectivity index (χ1n) is 10.1. The van der Waals surface area contributed by atoms with E-state index in [4.69, 9.17) is 18.9 Å². The summed E-state index contributed by atoms with van der Waals surface area (Å²) >= 11 is 3.60. The first kappa shape index (κ1) is 21.3. The second kappa shape index (κ2) is 9.92. The van der Waals surface area contributed by atoms with Crippen molar-refractivity contribution in [1.82, 2.24) is 0 Å². The van der Waals surface area contributed by atoms with Crippen LogP contribution in [0.4, 0.5) is 10.1 Å². The molecule has 1 N–H and O–H groups in total. The van der Waals surface area contributed by atoms with E-state index in [2.05, 4.69) is 21.2 Å². The fourth-order valence-electron chi connectivity index (χ4n) is 3.22. The van der Waals surface area contributed by atoms with Crippen molar-refractivity contribution in [2.45, 2.75) is 20.1 Å². The smallest absolute Gasteiger partial charge is 0.175 e. The predicted molar refractivity (Wildman–Crippen MR) is 121 cm³/mol. The molecule has 0 unspecified atom stereocenters. The average Bonchev–Trinajstić information content (AvgIpc) is 2.78. The minimum absolute atomic E-state index is 0.269. The number of benzene rings is 3. The van der Waals surface area contributed by atoms with Crippen LogP contribution < -0.4 is 24.3 Å². The van der Waals surface area contributed by atoms with E-state index >= 15 is 0 Å². The highest BCUT2D eigenvalue weighted by molar-refractivity contribution is 9.10. The van der Waals surface area contributed by atoms with Gasteiger partial charge in [-0.3, -0.25) is 0 Å². The maximum Gasteiger partial charge on any atom is 0.175 e. The van der Waals surface area contributed by atoms with Gasteiger partial charge in [0.1, 0.15) is 25.6 Å². The van der Waals surface area contributed by atoms with E-state index in [0.717, 1.165) is 32.8 Å². The van der Waals surface area contributed by atoms with Gasteiger partial charge in [0.2, 0.25) is 0 Å². The Kier molecular flexibility index (Phi) is 6.82. The van der Waals surface area contributed by atoms with E-state index in [1.807, 2.05) is 37.3 Å². The number of fused-ring (bicyclic) bond motifs is 1. The summed E-state index contributed by atoms with van der Waals surface area (Å²) in [5, 5.41) is 3.40. The van der Waals surface area contributed by atoms with Crippen LogP contribution in [0.1, 0.15) is 18.1 Å². The van der Waals surface area contributed by atoms with E-state index in [1.54, 1.807) is 12.1 Å². The van der Waals surface area contributed by atoms with Gasteiger partial charge in [-0.25, -0.2) is 4.39 Å². The SMILES string of the molecule is CCOc1cc(CNc2ccc3c(c2)OCCO3)cc(Br)c1OCc1ccc(F)cc1. The number of hydrogen-bond acceptors (Lipinski definition) is 5. The van der Waals surface area contributed by atoms with Crippen LogP contribution in [0.15, 0.2) is 59.1 Å². The van der Waals surface area contributed by atoms with Crippen LogP contribution in [0.2, 0.25) is 0 Å². The minimum Gasteiger partial charge on any atom is -0.490 e. The third-order valence-electron chi connectivity index (χ3n) is 4.70. The van der Waals surface area contributed by atoms with Crippen LogP contribution in [0.3, 0.4) is 0 Å². The number of nitrogens with one attached hydrogen (secondary N) is 1. The molecule has 1 heterocycles. The average molecular weight is 488 g/mol. The molecule has 3 aromatic carbocycles. The topological polar surface area (TPSA) is 49.0 Å². The Balaban J connectivity index is 1.46. The maximum absolute atomic E-state index is 13.1. The Bertz CT molecular complexity index is 1040. The summed E-state index contributed by atoms with van der Waals surface area (Å²) in [6, 6.07) is 16.0. The lowest BCUT2D eigenvalue weighted by atomic mass is 10.2. The third kappa shape index (κ3) is 5.41. The molecule has 1 aliphatic heterocycles. The van der Waals surface area contributed by atoms with E-state index in [0.29, 0.717) is 44.5 Å². The van der Waals surface area contributed by atoms with Crippen LogP contribution in [-0.4, -0.2) is 19.8 Å². The summed E-state index contributed by atoms with van der Waals surface area (Å²) in [6.45, 7) is 4.48. The van der Waals surface area contributed by atoms with Crippen molar-refractivity contribution in [2.24, 2.45) is 0 Å². The molecule has 4 rings (SSSR count). The summed E-state index contributed by atoms with van der Waals surface area (Å²) in [5.74, 6) is 2.51. The second-order valence-corrected chi connectivity index (χ2v) is 7.82. The van der Waals surface area contributed by atoms with Gasteiger partial charge >= 0.3 is 0 Å². The molecule has 0 aliphatic carbocycles. The molecule has 162 valence electrons. The summed E-state index contributed by atoms with van der Waals surface area (Å²) < 4.78 is 36.9. The lowest BCUT2D eigenvalue weighted by Crippen LogP contribution is -2.15. The number of ether oxygens (including phenoxy) is 4. The normalized spacial score (nSPS) is 12.4. The highest BCUT2D eigenvalue weighted by Crippen LogP contribution is 2.38. The van der Waals surface area contributed by atoms with Crippen molar-refractivity contribution in [2.75, 3.05) is 25.1 Å². The van der Waals surface area contributed by atoms with Crippen molar-refractivity contribution >= 4 is 21.6 Å². The first-order valence-corrected chi connectivity index (χ1v) is 10.9. The number of rotatable bonds is 8. The summed E-state index contributed by atoms with van der Waals surface area (Å²) in [4.78, 5) is 0. The fraction of sp³-hybridized carbons (Fsp3) is 0.250. The van der Waals surface area contributed by atoms with E-state index in [1.165, 1.54) is 12.1 Å². The predicted octanol–water partition coefficient (Wildman–Crippen LogP) is 5.95. The van der Waals surface area contributed by atoms with Crippen LogP contribution >= 0.6 is 15.9 Å². The third-order valence-corrected chi connectivity index (χ3v) is 5.29. The Labute approximate surface area is 189 Å². The van der Waals surface area contributed by atoms with Crippen LogP contribution in [0, 0.1) is 5.82 Å². The zero-order chi connectivity index (χ0) is 21.6. The molecule has 0 atom stereocenters. The zero-order valence-corrected chi connectivity index (χ0v) is 18.7. The Hall–Kier alpha value is -2.93. The molecule has 0 saturated heterocycles. The maximum atomic E-state index is 13.1. The molecule has 0 amide bonds. The Morgan fingerprint density at radius 3 is 2.48 bits per heavy atom. The van der Waals surface area contributed by atoms with Crippen molar-refractivity contribution < 1.29 is 23.3 Å². The number of halogens is 2. The first-order chi connectivity index (χ1) is 15.1. The Morgan fingerprint density at radius 2 is 1.71 bits per heavy atom. The van der Waals surface area contributed by atoms with Crippen LogP contribution in [0.5, 0.6) is 23.0 Å². The van der Waals surface area contributed by atoms with Gasteiger partial charge < -0.3 is 24.3 Å². The molecule has 0 spiro atoms. The second-order valence-electron chi connectivity index (χ2n) is 6.97. The number of hydrogen-bond donors (Lipinski definition) is 1. The molecular formula is C24H23BrFNO4. The fourth-order valence-corrected chi connectivity index (χ4v) is 3.82. The molecule has 0 aromatic heterocycles. The molecule has 31 heavy (non-hydrogen) atoms. The van der Waals surface area contributed by atoms with Crippen molar-refractivity contribution in [1.29, 1.82) is 0 Å². The molecule has 0 fully saturated rings. The van der Waals surface area contributed by atoms with Crippen LogP contribution in [-0.2, 0) is 13.2 Å². The summed E-state index contributed by atoms with van der Waals surface area (Å²) in [7, 11) is 0. The van der Waals surface area contributed by atoms with Gasteiger partial charge in [-0.1, -0.05) is 12.1 Å². The van der Waals surface area contributed by atoms with Crippen LogP contribution in [0.25, 0.3) is 0 Å². The molecule has 0 radical (unpaired) electrons. The van der Waals surface area contributed by atoms with Gasteiger partial charge in [0, 0.05) is 18.3 Å². The van der Waals surface area contributed by atoms with Crippen molar-refractivity contribution in [3.63, 3.8) is 0 Å². The zero-order valence-electron chi connectivity index (χ0n) is 17.1. The van der Waals surface area contributed by atoms with Crippen molar-refractivity contribution in [3.8, 4) is 23.0 Å². The number of anilines is 1. The molecule has 7 heteroatoms. The standard InChI is InChI=1S/C24H23BrFNO4/c1-2-28-23-12-17(14-27-19-7-8-21-22(13-19)30-10-9-29-21)11-20(25)24(23)31-15-16-3-5-18(26)6-4-16/h3-8,11-13,27H,2,9-10,14-15H2,1H3. The monoisotopic (exact) mass is 487 g/mol. The molecule has 3 aromatic rings.